The summed E-state index contributed by atoms with van der Waals surface area (Å²) in [5, 5.41) is -0.687. The van der Waals surface area contributed by atoms with Gasteiger partial charge in [-0.15, -0.1) is 0 Å². The zero-order valence-electron chi connectivity index (χ0n) is 15.4. The molecule has 146 valence electrons. The average Bonchev–Trinajstić information content (AvgIpc) is 3.13. The third-order valence-corrected chi connectivity index (χ3v) is 6.21. The highest BCUT2D eigenvalue weighted by atomic mass is 32.2. The Hall–Kier alpha value is -2.94. The Labute approximate surface area is 162 Å². The van der Waals surface area contributed by atoms with E-state index >= 15 is 0 Å². The lowest BCUT2D eigenvalue weighted by atomic mass is 10.1. The Morgan fingerprint density at radius 2 is 1.93 bits per heavy atom. The molecule has 2 aliphatic heterocycles. The first kappa shape index (κ1) is 18.4. The normalized spacial score (nSPS) is 15.3. The van der Waals surface area contributed by atoms with Crippen LogP contribution in [-0.2, 0) is 10.0 Å². The summed E-state index contributed by atoms with van der Waals surface area (Å²) in [6, 6.07) is 9.34. The van der Waals surface area contributed by atoms with Gasteiger partial charge < -0.3 is 9.64 Å². The number of fused-ring (bicyclic) bond motifs is 3. The van der Waals surface area contributed by atoms with Gasteiger partial charge in [0, 0.05) is 18.2 Å². The number of aliphatic imine (C=N–C) groups is 2. The van der Waals surface area contributed by atoms with Gasteiger partial charge in [0.15, 0.2) is 0 Å². The lowest BCUT2D eigenvalue weighted by Crippen LogP contribution is -2.29. The van der Waals surface area contributed by atoms with E-state index in [1.807, 2.05) is 17.0 Å². The summed E-state index contributed by atoms with van der Waals surface area (Å²) < 4.78 is 46.2. The van der Waals surface area contributed by atoms with Crippen molar-refractivity contribution in [1.29, 1.82) is 0 Å². The maximum absolute atomic E-state index is 14.1. The quantitative estimate of drug-likeness (QED) is 0.830. The number of hydrogen-bond acceptors (Lipinski definition) is 6. The number of benzene rings is 2. The molecule has 2 aromatic rings. The minimum Gasteiger partial charge on any atom is -0.457 e. The molecule has 2 aliphatic rings. The fraction of sp³-hybridized carbons (Fsp3) is 0.263. The van der Waals surface area contributed by atoms with Crippen LogP contribution in [0.3, 0.4) is 0 Å². The topological polar surface area (TPSA) is 83.4 Å². The summed E-state index contributed by atoms with van der Waals surface area (Å²) in [6.45, 7) is 4.54. The van der Waals surface area contributed by atoms with E-state index in [2.05, 4.69) is 14.7 Å². The molecule has 0 saturated heterocycles. The highest BCUT2D eigenvalue weighted by Crippen LogP contribution is 2.33. The lowest BCUT2D eigenvalue weighted by Gasteiger charge is -2.21. The molecule has 0 aromatic heterocycles. The highest BCUT2D eigenvalue weighted by molar-refractivity contribution is 7.93. The molecule has 0 amide bonds. The molecule has 0 atom stereocenters. The summed E-state index contributed by atoms with van der Waals surface area (Å²) in [5.41, 5.74) is 1.51. The average molecular weight is 402 g/mol. The van der Waals surface area contributed by atoms with E-state index in [1.54, 1.807) is 12.4 Å². The minimum atomic E-state index is -3.67. The van der Waals surface area contributed by atoms with Crippen LogP contribution in [0.4, 0.5) is 15.8 Å². The number of hydrogen-bond donors (Lipinski definition) is 1. The molecule has 0 radical (unpaired) electrons. The lowest BCUT2D eigenvalue weighted by molar-refractivity contribution is 0.481. The van der Waals surface area contributed by atoms with Gasteiger partial charge in [0.25, 0.3) is 0 Å². The van der Waals surface area contributed by atoms with Crippen LogP contribution in [0.25, 0.3) is 0 Å². The van der Waals surface area contributed by atoms with Crippen LogP contribution < -0.4 is 9.46 Å². The number of anilines is 1. The van der Waals surface area contributed by atoms with Crippen molar-refractivity contribution in [3.63, 3.8) is 0 Å². The van der Waals surface area contributed by atoms with Gasteiger partial charge in [-0.1, -0.05) is 0 Å². The number of halogens is 1. The second-order valence-corrected chi connectivity index (χ2v) is 9.00. The number of nitrogens with zero attached hydrogens (tertiary/aromatic N) is 3. The van der Waals surface area contributed by atoms with E-state index in [1.165, 1.54) is 32.0 Å². The molecule has 0 unspecified atom stereocenters. The maximum Gasteiger partial charge on any atom is 0.235 e. The Morgan fingerprint density at radius 3 is 2.71 bits per heavy atom. The van der Waals surface area contributed by atoms with E-state index < -0.39 is 21.1 Å². The maximum atomic E-state index is 14.1. The summed E-state index contributed by atoms with van der Waals surface area (Å²) in [6.07, 6.45) is 1.77. The molecule has 9 heteroatoms. The summed E-state index contributed by atoms with van der Waals surface area (Å²) in [5.74, 6) is 1.01. The number of amidine groups is 1. The van der Waals surface area contributed by atoms with Crippen LogP contribution >= 0.6 is 0 Å². The Balaban J connectivity index is 1.61. The SMILES string of the molecule is CC(C)S(=O)(=O)Nc1cc(Oc2ccc3c(c2)C2=NCCN2C=N3)ccc1F. The van der Waals surface area contributed by atoms with Gasteiger partial charge in [-0.25, -0.2) is 17.8 Å². The highest BCUT2D eigenvalue weighted by Gasteiger charge is 2.24. The number of nitrogens with one attached hydrogen (secondary N) is 1. The first-order valence-electron chi connectivity index (χ1n) is 8.82. The van der Waals surface area contributed by atoms with Crippen LogP contribution in [0.15, 0.2) is 46.4 Å². The summed E-state index contributed by atoms with van der Waals surface area (Å²) >= 11 is 0. The summed E-state index contributed by atoms with van der Waals surface area (Å²) in [4.78, 5) is 10.9. The Morgan fingerprint density at radius 1 is 1.18 bits per heavy atom. The Bertz CT molecular complexity index is 1100. The number of rotatable bonds is 5. The number of sulfonamides is 1. The van der Waals surface area contributed by atoms with E-state index in [0.29, 0.717) is 18.0 Å². The van der Waals surface area contributed by atoms with Crippen LogP contribution in [-0.4, -0.2) is 43.8 Å². The predicted molar refractivity (Wildman–Crippen MR) is 107 cm³/mol. The van der Waals surface area contributed by atoms with Gasteiger partial charge in [-0.05, 0) is 44.2 Å². The molecule has 1 N–H and O–H groups in total. The molecule has 0 spiro atoms. The minimum absolute atomic E-state index is 0.153. The molecule has 4 rings (SSSR count). The zero-order chi connectivity index (χ0) is 19.9. The van der Waals surface area contributed by atoms with Gasteiger partial charge >= 0.3 is 0 Å². The molecule has 7 nitrogen and oxygen atoms in total. The van der Waals surface area contributed by atoms with E-state index in [9.17, 15) is 12.8 Å². The van der Waals surface area contributed by atoms with Crippen LogP contribution in [0, 0.1) is 5.82 Å². The van der Waals surface area contributed by atoms with E-state index in [0.717, 1.165) is 23.6 Å². The van der Waals surface area contributed by atoms with Gasteiger partial charge in [0.2, 0.25) is 10.0 Å². The molecule has 28 heavy (non-hydrogen) atoms. The molecular formula is C19H19FN4O3S. The van der Waals surface area contributed by atoms with Crippen molar-refractivity contribution in [2.45, 2.75) is 19.1 Å². The second kappa shape index (κ2) is 6.90. The van der Waals surface area contributed by atoms with E-state index in [4.69, 9.17) is 4.74 Å². The van der Waals surface area contributed by atoms with Crippen LogP contribution in [0.1, 0.15) is 19.4 Å². The second-order valence-electron chi connectivity index (χ2n) is 6.76. The fourth-order valence-corrected chi connectivity index (χ4v) is 3.57. The number of ether oxygens (including phenoxy) is 1. The van der Waals surface area contributed by atoms with Gasteiger partial charge in [-0.3, -0.25) is 9.71 Å². The predicted octanol–water partition coefficient (Wildman–Crippen LogP) is 3.50. The zero-order valence-corrected chi connectivity index (χ0v) is 16.2. The largest absolute Gasteiger partial charge is 0.457 e. The molecule has 2 aromatic carbocycles. The van der Waals surface area contributed by atoms with Crippen molar-refractivity contribution < 1.29 is 17.5 Å². The molecule has 2 heterocycles. The molecule has 0 saturated carbocycles. The fourth-order valence-electron chi connectivity index (χ4n) is 2.87. The molecule has 0 bridgehead atoms. The molecule has 0 aliphatic carbocycles. The molecule has 0 fully saturated rings. The standard InChI is InChI=1S/C19H19FN4O3S/c1-12(2)28(25,26)23-18-10-14(3-5-16(18)20)27-13-4-6-17-15(9-13)19-21-7-8-24(19)11-22-17/h3-6,9-12,23H,7-8H2,1-2H3. The van der Waals surface area contributed by atoms with Crippen LogP contribution in [0.2, 0.25) is 0 Å². The third-order valence-electron chi connectivity index (χ3n) is 4.47. The monoisotopic (exact) mass is 402 g/mol. The smallest absolute Gasteiger partial charge is 0.235 e. The Kier molecular flexibility index (Phi) is 4.54. The van der Waals surface area contributed by atoms with Gasteiger partial charge in [0.05, 0.1) is 29.5 Å². The van der Waals surface area contributed by atoms with Crippen molar-refractivity contribution in [2.24, 2.45) is 9.98 Å². The van der Waals surface area contributed by atoms with Crippen LogP contribution in [0.5, 0.6) is 11.5 Å². The molecular weight excluding hydrogens is 383 g/mol. The summed E-state index contributed by atoms with van der Waals surface area (Å²) in [7, 11) is -3.67. The first-order valence-corrected chi connectivity index (χ1v) is 10.4. The third kappa shape index (κ3) is 3.45. The van der Waals surface area contributed by atoms with Crippen molar-refractivity contribution in [3.8, 4) is 11.5 Å². The van der Waals surface area contributed by atoms with Gasteiger partial charge in [-0.2, -0.15) is 0 Å². The van der Waals surface area contributed by atoms with Crippen molar-refractivity contribution in [2.75, 3.05) is 17.8 Å². The van der Waals surface area contributed by atoms with Crippen molar-refractivity contribution >= 4 is 33.6 Å². The van der Waals surface area contributed by atoms with Crippen molar-refractivity contribution in [1.82, 2.24) is 4.90 Å². The van der Waals surface area contributed by atoms with E-state index in [-0.39, 0.29) is 5.69 Å². The van der Waals surface area contributed by atoms with Crippen molar-refractivity contribution in [3.05, 3.63) is 47.8 Å². The first-order chi connectivity index (χ1) is 13.3. The van der Waals surface area contributed by atoms with Gasteiger partial charge in [0.1, 0.15) is 23.2 Å².